The number of carbonyl (C=O) groups excluding carboxylic acids is 2. The number of aryl methyl sites for hydroxylation is 1. The number of pyridine rings is 1. The predicted molar refractivity (Wildman–Crippen MR) is 89.3 cm³/mol. The quantitative estimate of drug-likeness (QED) is 0.877. The van der Waals surface area contributed by atoms with E-state index >= 15 is 0 Å². The molecule has 2 heterocycles. The van der Waals surface area contributed by atoms with Crippen molar-refractivity contribution in [2.24, 2.45) is 0 Å². The molecular weight excluding hydrogens is 292 g/mol. The lowest BCUT2D eigenvalue weighted by Crippen LogP contribution is -2.40. The first-order chi connectivity index (χ1) is 11.1. The number of likely N-dealkylation sites (N-methyl/N-ethyl adjacent to an activating group) is 1. The third-order valence-corrected chi connectivity index (χ3v) is 4.07. The van der Waals surface area contributed by atoms with Crippen LogP contribution in [0.15, 0.2) is 18.3 Å². The number of rotatable bonds is 5. The summed E-state index contributed by atoms with van der Waals surface area (Å²) in [6.45, 7) is 7.93. The summed E-state index contributed by atoms with van der Waals surface area (Å²) >= 11 is 0. The third-order valence-electron chi connectivity index (χ3n) is 4.07. The van der Waals surface area contributed by atoms with E-state index in [2.05, 4.69) is 22.1 Å². The van der Waals surface area contributed by atoms with Crippen molar-refractivity contribution >= 4 is 11.8 Å². The Balaban J connectivity index is 1.94. The topological polar surface area (TPSA) is 65.5 Å². The Morgan fingerprint density at radius 3 is 2.78 bits per heavy atom. The molecule has 1 N–H and O–H groups in total. The van der Waals surface area contributed by atoms with Gasteiger partial charge in [0.2, 0.25) is 5.91 Å². The number of hydrogen-bond donors (Lipinski definition) is 1. The molecule has 1 aliphatic rings. The van der Waals surface area contributed by atoms with E-state index in [0.717, 1.165) is 31.5 Å². The molecule has 0 bridgehead atoms. The van der Waals surface area contributed by atoms with Crippen LogP contribution in [0.3, 0.4) is 0 Å². The minimum atomic E-state index is -0.0137. The largest absolute Gasteiger partial charge is 0.355 e. The molecule has 0 radical (unpaired) electrons. The third kappa shape index (κ3) is 5.03. The van der Waals surface area contributed by atoms with Crippen molar-refractivity contribution < 1.29 is 9.59 Å². The van der Waals surface area contributed by atoms with E-state index in [1.165, 1.54) is 0 Å². The van der Waals surface area contributed by atoms with Crippen LogP contribution in [0.1, 0.15) is 36.3 Å². The Morgan fingerprint density at radius 1 is 1.22 bits per heavy atom. The highest BCUT2D eigenvalue weighted by molar-refractivity contribution is 5.92. The first-order valence-electron chi connectivity index (χ1n) is 8.37. The van der Waals surface area contributed by atoms with Crippen molar-refractivity contribution in [1.29, 1.82) is 0 Å². The normalized spacial score (nSPS) is 16.0. The van der Waals surface area contributed by atoms with Crippen molar-refractivity contribution in [1.82, 2.24) is 20.1 Å². The van der Waals surface area contributed by atoms with Gasteiger partial charge >= 0.3 is 0 Å². The Morgan fingerprint density at radius 2 is 2.04 bits per heavy atom. The lowest BCUT2D eigenvalue weighted by atomic mass is 10.1. The molecule has 1 aliphatic heterocycles. The first-order valence-corrected chi connectivity index (χ1v) is 8.37. The summed E-state index contributed by atoms with van der Waals surface area (Å²) in [6, 6.07) is 3.81. The second kappa shape index (κ2) is 8.62. The average molecular weight is 318 g/mol. The summed E-state index contributed by atoms with van der Waals surface area (Å²) in [5, 5.41) is 2.81. The summed E-state index contributed by atoms with van der Waals surface area (Å²) in [6.07, 6.45) is 3.47. The van der Waals surface area contributed by atoms with Gasteiger partial charge in [0.1, 0.15) is 5.69 Å². The van der Waals surface area contributed by atoms with Crippen LogP contribution >= 0.6 is 0 Å². The molecule has 0 spiro atoms. The molecule has 23 heavy (non-hydrogen) atoms. The summed E-state index contributed by atoms with van der Waals surface area (Å²) in [5.41, 5.74) is 1.64. The molecule has 0 aliphatic carbocycles. The lowest BCUT2D eigenvalue weighted by Gasteiger charge is -2.21. The number of nitrogens with zero attached hydrogens (tertiary/aromatic N) is 3. The van der Waals surface area contributed by atoms with Crippen LogP contribution in [0.4, 0.5) is 0 Å². The highest BCUT2D eigenvalue weighted by Gasteiger charge is 2.22. The van der Waals surface area contributed by atoms with Gasteiger partial charge in [-0.05, 0) is 37.5 Å². The summed E-state index contributed by atoms with van der Waals surface area (Å²) in [5.74, 6) is 0.0322. The lowest BCUT2D eigenvalue weighted by molar-refractivity contribution is -0.122. The zero-order valence-electron chi connectivity index (χ0n) is 14.0. The molecule has 0 atom stereocenters. The number of aromatic nitrogens is 1. The standard InChI is InChI=1S/C17H26N4O2/c1-3-14-6-7-19-15(12-14)17(23)21-9-5-8-20(10-11-21)13-16(22)18-4-2/h6-7,12H,3-5,8-11,13H2,1-2H3,(H,18,22). The van der Waals surface area contributed by atoms with Gasteiger partial charge in [0.25, 0.3) is 5.91 Å². The molecule has 2 amide bonds. The van der Waals surface area contributed by atoms with E-state index in [-0.39, 0.29) is 11.8 Å². The molecule has 6 nitrogen and oxygen atoms in total. The number of nitrogens with one attached hydrogen (secondary N) is 1. The molecule has 1 fully saturated rings. The number of carbonyl (C=O) groups is 2. The van der Waals surface area contributed by atoms with E-state index in [0.29, 0.717) is 31.9 Å². The maximum absolute atomic E-state index is 12.6. The highest BCUT2D eigenvalue weighted by Crippen LogP contribution is 2.09. The van der Waals surface area contributed by atoms with Crippen molar-refractivity contribution in [3.05, 3.63) is 29.6 Å². The average Bonchev–Trinajstić information content (AvgIpc) is 2.80. The second-order valence-corrected chi connectivity index (χ2v) is 5.78. The number of hydrogen-bond acceptors (Lipinski definition) is 4. The van der Waals surface area contributed by atoms with Gasteiger partial charge in [-0.25, -0.2) is 0 Å². The van der Waals surface area contributed by atoms with Crippen LogP contribution in [0, 0.1) is 0 Å². The monoisotopic (exact) mass is 318 g/mol. The molecule has 0 saturated carbocycles. The molecule has 2 rings (SSSR count). The van der Waals surface area contributed by atoms with Gasteiger partial charge in [-0.15, -0.1) is 0 Å². The first kappa shape index (κ1) is 17.4. The molecule has 1 saturated heterocycles. The molecule has 1 aromatic rings. The zero-order chi connectivity index (χ0) is 16.7. The smallest absolute Gasteiger partial charge is 0.272 e. The summed E-state index contributed by atoms with van der Waals surface area (Å²) < 4.78 is 0. The van der Waals surface area contributed by atoms with Crippen molar-refractivity contribution in [3.63, 3.8) is 0 Å². The van der Waals surface area contributed by atoms with Gasteiger partial charge in [0.15, 0.2) is 0 Å². The molecule has 1 aromatic heterocycles. The fourth-order valence-electron chi connectivity index (χ4n) is 2.76. The van der Waals surface area contributed by atoms with Crippen LogP contribution in [0.5, 0.6) is 0 Å². The van der Waals surface area contributed by atoms with Crippen LogP contribution < -0.4 is 5.32 Å². The molecule has 126 valence electrons. The minimum Gasteiger partial charge on any atom is -0.355 e. The van der Waals surface area contributed by atoms with E-state index in [9.17, 15) is 9.59 Å². The summed E-state index contributed by atoms with van der Waals surface area (Å²) in [4.78, 5) is 32.5. The maximum Gasteiger partial charge on any atom is 0.272 e. The Bertz CT molecular complexity index is 547. The minimum absolute atomic E-state index is 0.0137. The van der Waals surface area contributed by atoms with Gasteiger partial charge in [0, 0.05) is 38.9 Å². The fraction of sp³-hybridized carbons (Fsp3) is 0.588. The molecule has 0 unspecified atom stereocenters. The summed E-state index contributed by atoms with van der Waals surface area (Å²) in [7, 11) is 0. The highest BCUT2D eigenvalue weighted by atomic mass is 16.2. The predicted octanol–water partition coefficient (Wildman–Crippen LogP) is 0.928. The van der Waals surface area contributed by atoms with Gasteiger partial charge in [-0.1, -0.05) is 6.92 Å². The van der Waals surface area contributed by atoms with Crippen molar-refractivity contribution in [2.45, 2.75) is 26.7 Å². The van der Waals surface area contributed by atoms with Crippen molar-refractivity contribution in [3.8, 4) is 0 Å². The number of amides is 2. The van der Waals surface area contributed by atoms with E-state index in [1.54, 1.807) is 6.20 Å². The van der Waals surface area contributed by atoms with Crippen LogP contribution in [-0.2, 0) is 11.2 Å². The van der Waals surface area contributed by atoms with Crippen LogP contribution in [-0.4, -0.2) is 65.9 Å². The Hall–Kier alpha value is -1.95. The zero-order valence-corrected chi connectivity index (χ0v) is 14.0. The maximum atomic E-state index is 12.6. The van der Waals surface area contributed by atoms with E-state index in [1.807, 2.05) is 24.0 Å². The molecular formula is C17H26N4O2. The van der Waals surface area contributed by atoms with E-state index in [4.69, 9.17) is 0 Å². The van der Waals surface area contributed by atoms with Gasteiger partial charge in [-0.2, -0.15) is 0 Å². The molecule has 6 heteroatoms. The van der Waals surface area contributed by atoms with Crippen LogP contribution in [0.2, 0.25) is 0 Å². The van der Waals surface area contributed by atoms with E-state index < -0.39 is 0 Å². The van der Waals surface area contributed by atoms with Crippen molar-refractivity contribution in [2.75, 3.05) is 39.3 Å². The van der Waals surface area contributed by atoms with Gasteiger partial charge in [0.05, 0.1) is 6.54 Å². The second-order valence-electron chi connectivity index (χ2n) is 5.78. The molecule has 0 aromatic carbocycles. The Labute approximate surface area is 137 Å². The SMILES string of the molecule is CCNC(=O)CN1CCCN(C(=O)c2cc(CC)ccn2)CC1. The van der Waals surface area contributed by atoms with Gasteiger partial charge in [-0.3, -0.25) is 19.5 Å². The fourth-order valence-corrected chi connectivity index (χ4v) is 2.76. The van der Waals surface area contributed by atoms with Gasteiger partial charge < -0.3 is 10.2 Å². The van der Waals surface area contributed by atoms with Crippen LogP contribution in [0.25, 0.3) is 0 Å². The Kier molecular flexibility index (Phi) is 6.52.